The summed E-state index contributed by atoms with van der Waals surface area (Å²) < 4.78 is 35.9. The van der Waals surface area contributed by atoms with Crippen molar-refractivity contribution < 1.29 is 18.6 Å². The van der Waals surface area contributed by atoms with Crippen molar-refractivity contribution in [2.75, 3.05) is 14.2 Å². The Morgan fingerprint density at radius 2 is 1.39 bits per heavy atom. The molecule has 0 aliphatic carbocycles. The van der Waals surface area contributed by atoms with Crippen molar-refractivity contribution in [1.29, 1.82) is 0 Å². The quantitative estimate of drug-likeness (QED) is 0.234. The minimum Gasteiger partial charge on any atom is -0.495 e. The number of aromatic nitrogens is 1. The maximum Gasteiger partial charge on any atom is 0.311 e. The predicted octanol–water partition coefficient (Wildman–Crippen LogP) is 7.09. The normalized spacial score (nSPS) is 16.1. The second kappa shape index (κ2) is 8.54. The fourth-order valence-corrected chi connectivity index (χ4v) is 8.05. The summed E-state index contributed by atoms with van der Waals surface area (Å²) in [4.78, 5) is 0. The Balaban J connectivity index is 1.62. The van der Waals surface area contributed by atoms with Crippen LogP contribution in [0.5, 0.6) is 17.2 Å². The number of ether oxygens (including phenoxy) is 2. The molecule has 1 unspecified atom stereocenters. The minimum atomic E-state index is -3.64. The molecular formula is C32H24NO4P. The monoisotopic (exact) mass is 517 g/mol. The van der Waals surface area contributed by atoms with Crippen LogP contribution in [0.2, 0.25) is 0 Å². The van der Waals surface area contributed by atoms with E-state index >= 15 is 4.57 Å². The summed E-state index contributed by atoms with van der Waals surface area (Å²) in [6.45, 7) is 0. The second-order valence-electron chi connectivity index (χ2n) is 9.20. The highest BCUT2D eigenvalue weighted by molar-refractivity contribution is 7.75. The topological polar surface area (TPSA) is 49.7 Å². The van der Waals surface area contributed by atoms with Gasteiger partial charge >= 0.3 is 7.37 Å². The Morgan fingerprint density at radius 3 is 2.18 bits per heavy atom. The molecule has 0 fully saturated rings. The lowest BCUT2D eigenvalue weighted by Crippen LogP contribution is -2.26. The van der Waals surface area contributed by atoms with Crippen molar-refractivity contribution in [3.05, 3.63) is 109 Å². The summed E-state index contributed by atoms with van der Waals surface area (Å²) in [5.74, 6) is 1.69. The van der Waals surface area contributed by atoms with Crippen molar-refractivity contribution in [1.82, 2.24) is 4.57 Å². The molecule has 1 aromatic heterocycles. The summed E-state index contributed by atoms with van der Waals surface area (Å²) in [5, 5.41) is 2.92. The van der Waals surface area contributed by atoms with Crippen molar-refractivity contribution in [3.8, 4) is 34.1 Å². The van der Waals surface area contributed by atoms with E-state index in [1.165, 1.54) is 0 Å². The van der Waals surface area contributed by atoms with Gasteiger partial charge in [0.15, 0.2) is 0 Å². The third-order valence-corrected chi connectivity index (χ3v) is 9.66. The lowest BCUT2D eigenvalue weighted by Gasteiger charge is -2.30. The number of hydrogen-bond acceptors (Lipinski definition) is 4. The van der Waals surface area contributed by atoms with Crippen LogP contribution in [0.1, 0.15) is 0 Å². The maximum absolute atomic E-state index is 15.2. The molecule has 5 nitrogen and oxygen atoms in total. The van der Waals surface area contributed by atoms with E-state index in [1.807, 2.05) is 84.9 Å². The number of benzene rings is 5. The van der Waals surface area contributed by atoms with Crippen LogP contribution in [0.25, 0.3) is 38.6 Å². The SMILES string of the molecule is COc1c(P2(=O)Oc3ccccc3-c3ccccc32)cc(OC)c2c1c1ccccc1n2-c1ccccc1. The third kappa shape index (κ3) is 3.09. The van der Waals surface area contributed by atoms with E-state index < -0.39 is 7.37 Å². The zero-order chi connectivity index (χ0) is 25.9. The zero-order valence-corrected chi connectivity index (χ0v) is 21.8. The van der Waals surface area contributed by atoms with Gasteiger partial charge in [-0.1, -0.05) is 72.8 Å². The van der Waals surface area contributed by atoms with Crippen LogP contribution < -0.4 is 24.6 Å². The van der Waals surface area contributed by atoms with E-state index in [1.54, 1.807) is 14.2 Å². The first-order valence-electron chi connectivity index (χ1n) is 12.4. The third-order valence-electron chi connectivity index (χ3n) is 7.22. The molecule has 0 spiro atoms. The average molecular weight is 518 g/mol. The second-order valence-corrected chi connectivity index (χ2v) is 11.4. The minimum absolute atomic E-state index is 0.474. The fraction of sp³-hybridized carbons (Fsp3) is 0.0625. The van der Waals surface area contributed by atoms with E-state index in [0.717, 1.165) is 38.6 Å². The lowest BCUT2D eigenvalue weighted by molar-refractivity contribution is 0.411. The van der Waals surface area contributed by atoms with Crippen LogP contribution in [0.15, 0.2) is 109 Å². The number of para-hydroxylation sites is 3. The van der Waals surface area contributed by atoms with E-state index in [0.29, 0.717) is 27.9 Å². The first-order valence-corrected chi connectivity index (χ1v) is 14.0. The van der Waals surface area contributed by atoms with Gasteiger partial charge in [0.25, 0.3) is 0 Å². The lowest BCUT2D eigenvalue weighted by atomic mass is 10.0. The average Bonchev–Trinajstić information content (AvgIpc) is 3.32. The van der Waals surface area contributed by atoms with Gasteiger partial charge in [0.05, 0.1) is 35.7 Å². The Bertz CT molecular complexity index is 1910. The van der Waals surface area contributed by atoms with Crippen LogP contribution in [-0.2, 0) is 4.57 Å². The van der Waals surface area contributed by atoms with Crippen LogP contribution in [0.3, 0.4) is 0 Å². The number of fused-ring (bicyclic) bond motifs is 6. The summed E-state index contributed by atoms with van der Waals surface area (Å²) in [6, 6.07) is 35.6. The van der Waals surface area contributed by atoms with Crippen molar-refractivity contribution in [3.63, 3.8) is 0 Å². The summed E-state index contributed by atoms with van der Waals surface area (Å²) in [6.07, 6.45) is 0. The van der Waals surface area contributed by atoms with Crippen LogP contribution in [0, 0.1) is 0 Å². The summed E-state index contributed by atoms with van der Waals surface area (Å²) >= 11 is 0. The molecule has 7 rings (SSSR count). The molecule has 5 aromatic carbocycles. The molecule has 1 atom stereocenters. The van der Waals surface area contributed by atoms with Crippen LogP contribution >= 0.6 is 7.37 Å². The highest BCUT2D eigenvalue weighted by Crippen LogP contribution is 2.57. The fourth-order valence-electron chi connectivity index (χ4n) is 5.61. The van der Waals surface area contributed by atoms with Crippen molar-refractivity contribution in [2.24, 2.45) is 0 Å². The highest BCUT2D eigenvalue weighted by atomic mass is 31.2. The van der Waals surface area contributed by atoms with Crippen LogP contribution in [0.4, 0.5) is 0 Å². The number of methoxy groups -OCH3 is 2. The molecule has 0 saturated heterocycles. The first kappa shape index (κ1) is 22.7. The standard InChI is InChI=1S/C32H24NO4P/c1-35-27-20-29(38(34)28-19-11-8-15-23(28)22-14-7-10-18-26(22)37-38)32(36-2)30-24-16-6-9-17-25(24)33(31(27)30)21-12-4-3-5-13-21/h3-20H,1-2H3. The number of rotatable bonds is 4. The molecule has 6 aromatic rings. The molecule has 38 heavy (non-hydrogen) atoms. The van der Waals surface area contributed by atoms with E-state index in [4.69, 9.17) is 14.0 Å². The van der Waals surface area contributed by atoms with E-state index in [-0.39, 0.29) is 0 Å². The smallest absolute Gasteiger partial charge is 0.311 e. The van der Waals surface area contributed by atoms with Crippen molar-refractivity contribution in [2.45, 2.75) is 0 Å². The predicted molar refractivity (Wildman–Crippen MR) is 153 cm³/mol. The molecule has 1 aliphatic rings. The van der Waals surface area contributed by atoms with Crippen molar-refractivity contribution >= 4 is 39.8 Å². The van der Waals surface area contributed by atoms with Gasteiger partial charge in [0.2, 0.25) is 0 Å². The Hall–Kier alpha value is -4.47. The highest BCUT2D eigenvalue weighted by Gasteiger charge is 2.41. The Morgan fingerprint density at radius 1 is 0.711 bits per heavy atom. The molecule has 2 heterocycles. The maximum atomic E-state index is 15.2. The summed E-state index contributed by atoms with van der Waals surface area (Å²) in [5.41, 5.74) is 4.65. The van der Waals surface area contributed by atoms with Gasteiger partial charge in [-0.3, -0.25) is 4.57 Å². The molecule has 1 aliphatic heterocycles. The van der Waals surface area contributed by atoms with Gasteiger partial charge in [-0.05, 0) is 35.9 Å². The largest absolute Gasteiger partial charge is 0.495 e. The molecular weight excluding hydrogens is 493 g/mol. The Kier molecular flexibility index (Phi) is 5.10. The Labute approximate surface area is 220 Å². The molecule has 0 N–H and O–H groups in total. The van der Waals surface area contributed by atoms with Gasteiger partial charge in [-0.15, -0.1) is 0 Å². The van der Waals surface area contributed by atoms with Gasteiger partial charge in [-0.2, -0.15) is 0 Å². The number of nitrogens with zero attached hydrogens (tertiary/aromatic N) is 1. The molecule has 0 bridgehead atoms. The molecule has 0 radical (unpaired) electrons. The first-order chi connectivity index (χ1) is 18.7. The summed E-state index contributed by atoms with van der Waals surface area (Å²) in [7, 11) is -0.383. The molecule has 186 valence electrons. The zero-order valence-electron chi connectivity index (χ0n) is 20.9. The molecule has 0 amide bonds. The van der Waals surface area contributed by atoms with E-state index in [2.05, 4.69) is 28.8 Å². The van der Waals surface area contributed by atoms with E-state index in [9.17, 15) is 0 Å². The van der Waals surface area contributed by atoms with Gasteiger partial charge < -0.3 is 18.6 Å². The molecule has 6 heteroatoms. The van der Waals surface area contributed by atoms with Gasteiger partial charge in [-0.25, -0.2) is 0 Å². The molecule has 0 saturated carbocycles. The van der Waals surface area contributed by atoms with Crippen LogP contribution in [-0.4, -0.2) is 18.8 Å². The van der Waals surface area contributed by atoms with Gasteiger partial charge in [0, 0.05) is 22.7 Å². The van der Waals surface area contributed by atoms with Gasteiger partial charge in [0.1, 0.15) is 22.8 Å². The number of hydrogen-bond donors (Lipinski definition) is 0.